The molecule has 6 heteroatoms. The zero-order chi connectivity index (χ0) is 14.0. The molecule has 2 rings (SSSR count). The van der Waals surface area contributed by atoms with Crippen LogP contribution in [0.4, 0.5) is 5.69 Å². The molecule has 1 fully saturated rings. The van der Waals surface area contributed by atoms with E-state index in [-0.39, 0.29) is 29.4 Å². The minimum absolute atomic E-state index is 0.126. The van der Waals surface area contributed by atoms with Crippen molar-refractivity contribution < 1.29 is 14.4 Å². The Balaban J connectivity index is 2.02. The summed E-state index contributed by atoms with van der Waals surface area (Å²) in [5.74, 6) is -0.420. The lowest BCUT2D eigenvalue weighted by molar-refractivity contribution is -0.136. The molecule has 0 bridgehead atoms. The summed E-state index contributed by atoms with van der Waals surface area (Å²) in [5.41, 5.74) is 0.711. The molecule has 0 saturated carbocycles. The number of amides is 3. The van der Waals surface area contributed by atoms with E-state index in [9.17, 15) is 14.4 Å². The molecule has 0 spiro atoms. The first-order valence-corrected chi connectivity index (χ1v) is 6.70. The molecule has 1 saturated heterocycles. The average Bonchev–Trinajstić information content (AvgIpc) is 2.59. The van der Waals surface area contributed by atoms with E-state index in [1.807, 2.05) is 12.1 Å². The van der Waals surface area contributed by atoms with Gasteiger partial charge in [0.15, 0.2) is 0 Å². The fourth-order valence-electron chi connectivity index (χ4n) is 1.80. The molecule has 5 nitrogen and oxygen atoms in total. The van der Waals surface area contributed by atoms with Crippen molar-refractivity contribution in [3.63, 3.8) is 0 Å². The molecular formula is C13H14N2O3S. The lowest BCUT2D eigenvalue weighted by atomic mass is 10.3. The number of benzene rings is 1. The van der Waals surface area contributed by atoms with Gasteiger partial charge in [0.05, 0.1) is 5.25 Å². The summed E-state index contributed by atoms with van der Waals surface area (Å²) in [6.07, 6.45) is 0.243. The van der Waals surface area contributed by atoms with Gasteiger partial charge < -0.3 is 5.32 Å². The smallest absolute Gasteiger partial charge is 0.242 e. The molecule has 19 heavy (non-hydrogen) atoms. The highest BCUT2D eigenvalue weighted by molar-refractivity contribution is 8.00. The van der Waals surface area contributed by atoms with Crippen molar-refractivity contribution in [3.8, 4) is 0 Å². The number of nitrogens with zero attached hydrogens (tertiary/aromatic N) is 1. The summed E-state index contributed by atoms with van der Waals surface area (Å²) in [7, 11) is 1.51. The predicted octanol–water partition coefficient (Wildman–Crippen LogP) is 1.49. The van der Waals surface area contributed by atoms with Gasteiger partial charge in [0.1, 0.15) is 0 Å². The van der Waals surface area contributed by atoms with Crippen LogP contribution in [0.5, 0.6) is 0 Å². The Bertz CT molecular complexity index is 527. The normalized spacial score (nSPS) is 18.8. The van der Waals surface area contributed by atoms with Gasteiger partial charge in [0.25, 0.3) is 0 Å². The Morgan fingerprint density at radius 3 is 2.42 bits per heavy atom. The van der Waals surface area contributed by atoms with Crippen LogP contribution in [-0.4, -0.2) is 34.9 Å². The molecule has 0 aromatic heterocycles. The Kier molecular flexibility index (Phi) is 3.90. The largest absolute Gasteiger partial charge is 0.326 e. The summed E-state index contributed by atoms with van der Waals surface area (Å²) in [5, 5.41) is 2.33. The van der Waals surface area contributed by atoms with Crippen molar-refractivity contribution in [2.24, 2.45) is 0 Å². The van der Waals surface area contributed by atoms with Crippen LogP contribution in [0.2, 0.25) is 0 Å². The zero-order valence-electron chi connectivity index (χ0n) is 10.7. The van der Waals surface area contributed by atoms with Gasteiger partial charge in [0.2, 0.25) is 17.7 Å². The standard InChI is InChI=1S/C13H14N2O3S/c1-8(16)14-9-3-5-10(6-4-9)19-11-7-12(17)15(2)13(11)18/h3-6,11H,7H2,1-2H3,(H,14,16). The topological polar surface area (TPSA) is 66.5 Å². The first-order chi connectivity index (χ1) is 8.97. The Morgan fingerprint density at radius 2 is 1.95 bits per heavy atom. The summed E-state index contributed by atoms with van der Waals surface area (Å²) in [4.78, 5) is 36.1. The maximum atomic E-state index is 11.8. The number of carbonyl (C=O) groups excluding carboxylic acids is 3. The SMILES string of the molecule is CC(=O)Nc1ccc(SC2CC(=O)N(C)C2=O)cc1. The average molecular weight is 278 g/mol. The molecule has 0 radical (unpaired) electrons. The first-order valence-electron chi connectivity index (χ1n) is 5.82. The lowest BCUT2D eigenvalue weighted by Crippen LogP contribution is -2.26. The molecule has 1 aliphatic rings. The van der Waals surface area contributed by atoms with Gasteiger partial charge in [0, 0.05) is 31.0 Å². The Hall–Kier alpha value is -1.82. The van der Waals surface area contributed by atoms with E-state index in [4.69, 9.17) is 0 Å². The van der Waals surface area contributed by atoms with Gasteiger partial charge in [-0.2, -0.15) is 0 Å². The molecule has 1 unspecified atom stereocenters. The quantitative estimate of drug-likeness (QED) is 0.851. The monoisotopic (exact) mass is 278 g/mol. The van der Waals surface area contributed by atoms with Crippen molar-refractivity contribution in [1.82, 2.24) is 4.90 Å². The molecule has 1 aliphatic heterocycles. The van der Waals surface area contributed by atoms with Crippen LogP contribution in [0.1, 0.15) is 13.3 Å². The van der Waals surface area contributed by atoms with Gasteiger partial charge in [-0.1, -0.05) is 0 Å². The second kappa shape index (κ2) is 5.44. The molecule has 100 valence electrons. The van der Waals surface area contributed by atoms with Crippen LogP contribution in [-0.2, 0) is 14.4 Å². The summed E-state index contributed by atoms with van der Waals surface area (Å²) < 4.78 is 0. The fourth-order valence-corrected chi connectivity index (χ4v) is 2.90. The first kappa shape index (κ1) is 13.6. The van der Waals surface area contributed by atoms with E-state index < -0.39 is 0 Å². The van der Waals surface area contributed by atoms with Crippen molar-refractivity contribution in [1.29, 1.82) is 0 Å². The molecule has 1 aromatic carbocycles. The van der Waals surface area contributed by atoms with E-state index in [1.165, 1.54) is 30.6 Å². The minimum atomic E-state index is -0.343. The van der Waals surface area contributed by atoms with Crippen LogP contribution in [0, 0.1) is 0 Å². The maximum absolute atomic E-state index is 11.8. The van der Waals surface area contributed by atoms with Crippen LogP contribution in [0.3, 0.4) is 0 Å². The second-order valence-electron chi connectivity index (χ2n) is 4.31. The Morgan fingerprint density at radius 1 is 1.32 bits per heavy atom. The minimum Gasteiger partial charge on any atom is -0.326 e. The second-order valence-corrected chi connectivity index (χ2v) is 5.58. The van der Waals surface area contributed by atoms with Crippen LogP contribution < -0.4 is 5.32 Å². The number of nitrogens with one attached hydrogen (secondary N) is 1. The lowest BCUT2D eigenvalue weighted by Gasteiger charge is -2.09. The number of rotatable bonds is 3. The molecule has 1 atom stereocenters. The van der Waals surface area contributed by atoms with E-state index in [0.717, 1.165) is 4.90 Å². The van der Waals surface area contributed by atoms with Crippen LogP contribution in [0.25, 0.3) is 0 Å². The van der Waals surface area contributed by atoms with Gasteiger partial charge in [-0.3, -0.25) is 19.3 Å². The third-order valence-corrected chi connectivity index (χ3v) is 3.99. The van der Waals surface area contributed by atoms with Crippen molar-refractivity contribution in [3.05, 3.63) is 24.3 Å². The zero-order valence-corrected chi connectivity index (χ0v) is 11.5. The molecule has 0 aliphatic carbocycles. The third kappa shape index (κ3) is 3.14. The molecular weight excluding hydrogens is 264 g/mol. The summed E-state index contributed by atoms with van der Waals surface area (Å²) in [6, 6.07) is 7.20. The number of thioether (sulfide) groups is 1. The van der Waals surface area contributed by atoms with E-state index in [2.05, 4.69) is 5.32 Å². The summed E-state index contributed by atoms with van der Waals surface area (Å²) >= 11 is 1.37. The molecule has 1 heterocycles. The number of hydrogen-bond donors (Lipinski definition) is 1. The van der Waals surface area contributed by atoms with Crippen LogP contribution >= 0.6 is 11.8 Å². The summed E-state index contributed by atoms with van der Waals surface area (Å²) in [6.45, 7) is 1.45. The molecule has 1 aromatic rings. The van der Waals surface area contributed by atoms with Crippen LogP contribution in [0.15, 0.2) is 29.2 Å². The molecule has 1 N–H and O–H groups in total. The van der Waals surface area contributed by atoms with Crippen molar-refractivity contribution in [2.45, 2.75) is 23.5 Å². The van der Waals surface area contributed by atoms with E-state index >= 15 is 0 Å². The highest BCUT2D eigenvalue weighted by Crippen LogP contribution is 2.31. The van der Waals surface area contributed by atoms with Gasteiger partial charge >= 0.3 is 0 Å². The number of likely N-dealkylation sites (tertiary alicyclic amines) is 1. The fraction of sp³-hybridized carbons (Fsp3) is 0.308. The van der Waals surface area contributed by atoms with E-state index in [0.29, 0.717) is 5.69 Å². The predicted molar refractivity (Wildman–Crippen MR) is 72.8 cm³/mol. The van der Waals surface area contributed by atoms with Gasteiger partial charge in [-0.05, 0) is 24.3 Å². The van der Waals surface area contributed by atoms with Crippen molar-refractivity contribution in [2.75, 3.05) is 12.4 Å². The molecule has 3 amide bonds. The highest BCUT2D eigenvalue weighted by atomic mass is 32.2. The number of hydrogen-bond acceptors (Lipinski definition) is 4. The van der Waals surface area contributed by atoms with Gasteiger partial charge in [-0.25, -0.2) is 0 Å². The highest BCUT2D eigenvalue weighted by Gasteiger charge is 2.36. The van der Waals surface area contributed by atoms with Crippen molar-refractivity contribution >= 4 is 35.2 Å². The van der Waals surface area contributed by atoms with Gasteiger partial charge in [-0.15, -0.1) is 11.8 Å². The number of anilines is 1. The third-order valence-electron chi connectivity index (χ3n) is 2.79. The maximum Gasteiger partial charge on any atom is 0.242 e. The Labute approximate surface area is 115 Å². The number of carbonyl (C=O) groups is 3. The van der Waals surface area contributed by atoms with E-state index in [1.54, 1.807) is 12.1 Å². The number of imide groups is 1.